The predicted octanol–water partition coefficient (Wildman–Crippen LogP) is 5.79. The third kappa shape index (κ3) is 3.76. The molecule has 1 aliphatic heterocycles. The third-order valence-electron chi connectivity index (χ3n) is 6.96. The Labute approximate surface area is 190 Å². The van der Waals surface area contributed by atoms with Crippen LogP contribution in [0.2, 0.25) is 0 Å². The molecule has 1 N–H and O–H groups in total. The second kappa shape index (κ2) is 8.46. The fourth-order valence-electron chi connectivity index (χ4n) is 5.18. The van der Waals surface area contributed by atoms with Crippen LogP contribution >= 0.6 is 12.2 Å². The number of benzene rings is 1. The van der Waals surface area contributed by atoms with Crippen molar-refractivity contribution in [1.29, 1.82) is 0 Å². The van der Waals surface area contributed by atoms with Gasteiger partial charge in [-0.1, -0.05) is 31.4 Å². The standard InChI is InChI=1S/C26H30N4S/c1-18-13-14-21(17-19(18)2)29-16-8-12-23(29)25-24(22-11-6-7-15-27-22)28-26(31)30(25)20-9-4-3-5-10-20/h6-8,11-17,20,24-25H,3-5,9-10H2,1-2H3,(H,28,31)/t24-,25-/m0/s1. The van der Waals surface area contributed by atoms with Gasteiger partial charge in [-0.05, 0) is 86.4 Å². The summed E-state index contributed by atoms with van der Waals surface area (Å²) in [6.07, 6.45) is 10.4. The normalized spacial score (nSPS) is 22.0. The van der Waals surface area contributed by atoms with Gasteiger partial charge in [0.2, 0.25) is 0 Å². The maximum Gasteiger partial charge on any atom is 0.170 e. The Kier molecular flexibility index (Phi) is 5.53. The van der Waals surface area contributed by atoms with E-state index in [4.69, 9.17) is 17.2 Å². The van der Waals surface area contributed by atoms with Crippen LogP contribution in [0.5, 0.6) is 0 Å². The summed E-state index contributed by atoms with van der Waals surface area (Å²) in [6.45, 7) is 4.34. The number of pyridine rings is 1. The van der Waals surface area contributed by atoms with E-state index in [1.165, 1.54) is 54.6 Å². The first-order chi connectivity index (χ1) is 15.1. The molecule has 31 heavy (non-hydrogen) atoms. The number of thiocarbonyl (C=S) groups is 1. The van der Waals surface area contributed by atoms with Crippen LogP contribution in [-0.4, -0.2) is 25.6 Å². The molecule has 4 nitrogen and oxygen atoms in total. The van der Waals surface area contributed by atoms with Crippen LogP contribution in [0.25, 0.3) is 5.69 Å². The van der Waals surface area contributed by atoms with Crippen LogP contribution in [-0.2, 0) is 0 Å². The highest BCUT2D eigenvalue weighted by atomic mass is 32.1. The fraction of sp³-hybridized carbons (Fsp3) is 0.385. The van der Waals surface area contributed by atoms with Crippen molar-refractivity contribution < 1.29 is 0 Å². The highest BCUT2D eigenvalue weighted by molar-refractivity contribution is 7.80. The number of hydrogen-bond donors (Lipinski definition) is 1. The van der Waals surface area contributed by atoms with Crippen molar-refractivity contribution in [2.75, 3.05) is 0 Å². The zero-order valence-electron chi connectivity index (χ0n) is 18.3. The minimum Gasteiger partial charge on any atom is -0.352 e. The average Bonchev–Trinajstić information content (AvgIpc) is 3.41. The summed E-state index contributed by atoms with van der Waals surface area (Å²) in [4.78, 5) is 7.19. The lowest BCUT2D eigenvalue weighted by Crippen LogP contribution is -2.40. The molecule has 1 aromatic carbocycles. The smallest absolute Gasteiger partial charge is 0.170 e. The van der Waals surface area contributed by atoms with E-state index in [1.54, 1.807) is 0 Å². The largest absolute Gasteiger partial charge is 0.352 e. The molecule has 1 aliphatic carbocycles. The van der Waals surface area contributed by atoms with Gasteiger partial charge in [-0.2, -0.15) is 0 Å². The summed E-state index contributed by atoms with van der Waals surface area (Å²) >= 11 is 5.93. The Morgan fingerprint density at radius 1 is 0.968 bits per heavy atom. The van der Waals surface area contributed by atoms with Crippen molar-refractivity contribution >= 4 is 17.3 Å². The summed E-state index contributed by atoms with van der Waals surface area (Å²) in [5.74, 6) is 0. The van der Waals surface area contributed by atoms with Gasteiger partial charge < -0.3 is 14.8 Å². The van der Waals surface area contributed by atoms with Crippen LogP contribution in [0.1, 0.15) is 66.7 Å². The molecule has 2 aromatic heterocycles. The lowest BCUT2D eigenvalue weighted by Gasteiger charge is -2.37. The van der Waals surface area contributed by atoms with Crippen LogP contribution in [0.4, 0.5) is 0 Å². The van der Waals surface area contributed by atoms with Crippen molar-refractivity contribution in [3.05, 3.63) is 83.4 Å². The van der Waals surface area contributed by atoms with Gasteiger partial charge in [0, 0.05) is 29.8 Å². The van der Waals surface area contributed by atoms with Crippen molar-refractivity contribution in [3.8, 4) is 5.69 Å². The molecule has 160 valence electrons. The molecule has 1 saturated carbocycles. The molecule has 0 spiro atoms. The van der Waals surface area contributed by atoms with E-state index >= 15 is 0 Å². The van der Waals surface area contributed by atoms with Crippen molar-refractivity contribution in [3.63, 3.8) is 0 Å². The van der Waals surface area contributed by atoms with Gasteiger partial charge in [-0.3, -0.25) is 4.98 Å². The minimum absolute atomic E-state index is 0.0378. The van der Waals surface area contributed by atoms with Gasteiger partial charge in [0.1, 0.15) is 0 Å². The van der Waals surface area contributed by atoms with E-state index in [0.29, 0.717) is 6.04 Å². The zero-order chi connectivity index (χ0) is 21.4. The molecule has 3 heterocycles. The molecule has 2 fully saturated rings. The van der Waals surface area contributed by atoms with E-state index in [9.17, 15) is 0 Å². The van der Waals surface area contributed by atoms with Crippen LogP contribution in [0, 0.1) is 13.8 Å². The van der Waals surface area contributed by atoms with E-state index in [0.717, 1.165) is 10.8 Å². The number of nitrogens with one attached hydrogen (secondary N) is 1. The number of aryl methyl sites for hydroxylation is 2. The summed E-state index contributed by atoms with van der Waals surface area (Å²) in [5.41, 5.74) is 6.13. The first-order valence-corrected chi connectivity index (χ1v) is 11.8. The molecular weight excluding hydrogens is 400 g/mol. The quantitative estimate of drug-likeness (QED) is 0.531. The highest BCUT2D eigenvalue weighted by Gasteiger charge is 2.44. The van der Waals surface area contributed by atoms with Gasteiger partial charge in [0.25, 0.3) is 0 Å². The Balaban J connectivity index is 1.61. The van der Waals surface area contributed by atoms with Crippen molar-refractivity contribution in [2.24, 2.45) is 0 Å². The Hall–Kier alpha value is -2.66. The van der Waals surface area contributed by atoms with Crippen molar-refractivity contribution in [1.82, 2.24) is 19.8 Å². The highest BCUT2D eigenvalue weighted by Crippen LogP contribution is 2.43. The first kappa shape index (κ1) is 20.3. The molecule has 5 heteroatoms. The van der Waals surface area contributed by atoms with E-state index < -0.39 is 0 Å². The molecule has 5 rings (SSSR count). The van der Waals surface area contributed by atoms with Gasteiger partial charge in [-0.25, -0.2) is 0 Å². The molecule has 1 saturated heterocycles. The van der Waals surface area contributed by atoms with Crippen molar-refractivity contribution in [2.45, 2.75) is 64.1 Å². The number of aromatic nitrogens is 2. The Bertz CT molecular complexity index is 1070. The average molecular weight is 431 g/mol. The molecular formula is C26H30N4S. The molecule has 0 unspecified atom stereocenters. The second-order valence-electron chi connectivity index (χ2n) is 8.90. The molecule has 2 atom stereocenters. The molecule has 0 bridgehead atoms. The SMILES string of the molecule is Cc1ccc(-n2cccc2[C@H]2[C@H](c3ccccn3)NC(=S)N2C2CCCCC2)cc1C. The van der Waals surface area contributed by atoms with E-state index in [2.05, 4.69) is 77.3 Å². The lowest BCUT2D eigenvalue weighted by molar-refractivity contribution is 0.193. The topological polar surface area (TPSA) is 33.1 Å². The van der Waals surface area contributed by atoms with Gasteiger partial charge >= 0.3 is 0 Å². The molecule has 3 aromatic rings. The third-order valence-corrected chi connectivity index (χ3v) is 7.28. The summed E-state index contributed by atoms with van der Waals surface area (Å²) in [5, 5.41) is 4.50. The van der Waals surface area contributed by atoms with E-state index in [-0.39, 0.29) is 12.1 Å². The minimum atomic E-state index is 0.0378. The Morgan fingerprint density at radius 2 is 1.81 bits per heavy atom. The maximum absolute atomic E-state index is 5.93. The maximum atomic E-state index is 5.93. The predicted molar refractivity (Wildman–Crippen MR) is 129 cm³/mol. The van der Waals surface area contributed by atoms with Crippen LogP contribution < -0.4 is 5.32 Å². The number of rotatable bonds is 4. The van der Waals surface area contributed by atoms with E-state index in [1.807, 2.05) is 12.3 Å². The summed E-state index contributed by atoms with van der Waals surface area (Å²) < 4.78 is 2.33. The van der Waals surface area contributed by atoms with Gasteiger partial charge in [-0.15, -0.1) is 0 Å². The van der Waals surface area contributed by atoms with Gasteiger partial charge in [0.15, 0.2) is 5.11 Å². The summed E-state index contributed by atoms with van der Waals surface area (Å²) in [6, 6.07) is 17.9. The number of nitrogens with zero attached hydrogens (tertiary/aromatic N) is 3. The molecule has 0 radical (unpaired) electrons. The first-order valence-electron chi connectivity index (χ1n) is 11.4. The van der Waals surface area contributed by atoms with Crippen LogP contribution in [0.3, 0.4) is 0 Å². The van der Waals surface area contributed by atoms with Crippen LogP contribution in [0.15, 0.2) is 60.9 Å². The molecule has 0 amide bonds. The number of hydrogen-bond acceptors (Lipinski definition) is 2. The zero-order valence-corrected chi connectivity index (χ0v) is 19.1. The Morgan fingerprint density at radius 3 is 2.55 bits per heavy atom. The summed E-state index contributed by atoms with van der Waals surface area (Å²) in [7, 11) is 0. The fourth-order valence-corrected chi connectivity index (χ4v) is 5.57. The molecule has 2 aliphatic rings. The lowest BCUT2D eigenvalue weighted by atomic mass is 9.92. The van der Waals surface area contributed by atoms with Gasteiger partial charge in [0.05, 0.1) is 17.8 Å². The monoisotopic (exact) mass is 430 g/mol. The second-order valence-corrected chi connectivity index (χ2v) is 9.28.